The van der Waals surface area contributed by atoms with Crippen LogP contribution in [0.5, 0.6) is 0 Å². The fraction of sp³-hybridized carbons (Fsp3) is 0.308. The first kappa shape index (κ1) is 39.1. The fourth-order valence-electron chi connectivity index (χ4n) is 10.4. The molecule has 10 rings (SSSR count). The molecule has 0 spiro atoms. The van der Waals surface area contributed by atoms with E-state index in [-0.39, 0.29) is 0 Å². The molecule has 2 aliphatic rings. The Balaban J connectivity index is 1.23. The molecule has 60 heavy (non-hydrogen) atoms. The van der Waals surface area contributed by atoms with Gasteiger partial charge in [0.15, 0.2) is 0 Å². The van der Waals surface area contributed by atoms with Crippen LogP contribution in [-0.2, 0) is 0 Å². The number of hydrogen-bond donors (Lipinski definition) is 0. The third kappa shape index (κ3) is 7.20. The van der Waals surface area contributed by atoms with Crippen LogP contribution in [0.25, 0.3) is 43.6 Å². The van der Waals surface area contributed by atoms with Crippen LogP contribution in [0.1, 0.15) is 69.8 Å². The van der Waals surface area contributed by atoms with Gasteiger partial charge in [-0.1, -0.05) is 58.5 Å². The van der Waals surface area contributed by atoms with Crippen LogP contribution in [0.4, 0.5) is 22.7 Å². The number of aromatic nitrogens is 4. The smallest absolute Gasteiger partial charge is 0.123 e. The summed E-state index contributed by atoms with van der Waals surface area (Å²) in [6.45, 7) is 4.91. The second-order valence-electron chi connectivity index (χ2n) is 17.4. The molecular formula is C52H55N6P2+. The van der Waals surface area contributed by atoms with Gasteiger partial charge in [0.05, 0.1) is 58.7 Å². The lowest BCUT2D eigenvalue weighted by molar-refractivity contribution is 0.511. The number of aryl methyl sites for hydroxylation is 1. The van der Waals surface area contributed by atoms with Crippen molar-refractivity contribution in [1.82, 2.24) is 19.9 Å². The van der Waals surface area contributed by atoms with Crippen molar-refractivity contribution in [2.75, 3.05) is 30.6 Å². The summed E-state index contributed by atoms with van der Waals surface area (Å²) in [6.07, 6.45) is 20.7. The predicted octanol–water partition coefficient (Wildman–Crippen LogP) is 12.3. The van der Waals surface area contributed by atoms with Crippen molar-refractivity contribution in [3.8, 4) is 0 Å². The minimum absolute atomic E-state index is 0.523. The Morgan fingerprint density at radius 2 is 0.917 bits per heavy atom. The normalized spacial score (nSPS) is 16.6. The monoisotopic (exact) mass is 825 g/mol. The van der Waals surface area contributed by atoms with E-state index in [4.69, 9.17) is 19.9 Å². The van der Waals surface area contributed by atoms with Gasteiger partial charge < -0.3 is 9.80 Å². The highest BCUT2D eigenvalue weighted by atomic mass is 31.2. The molecule has 302 valence electrons. The SMILES string of the molecule is Cc1cc2cccnc2cc1N(C)c1cc2ncccc2cc1[P+](C)(c1cc2cccnc2cc1N(C)c1cc2ncccc2cc1PC1CCCCC1)C1CCCCC1. The van der Waals surface area contributed by atoms with E-state index >= 15 is 0 Å². The van der Waals surface area contributed by atoms with Gasteiger partial charge in [-0.3, -0.25) is 19.9 Å². The minimum atomic E-state index is -2.21. The lowest BCUT2D eigenvalue weighted by Gasteiger charge is -2.39. The van der Waals surface area contributed by atoms with E-state index in [1.165, 1.54) is 125 Å². The number of fused-ring (bicyclic) bond motifs is 4. The average molecular weight is 826 g/mol. The molecule has 0 aliphatic heterocycles. The minimum Gasteiger partial charge on any atom is -0.341 e. The third-order valence-corrected chi connectivity index (χ3v) is 20.1. The van der Waals surface area contributed by atoms with Crippen LogP contribution in [0, 0.1) is 6.92 Å². The Morgan fingerprint density at radius 3 is 1.43 bits per heavy atom. The summed E-state index contributed by atoms with van der Waals surface area (Å²) in [5.74, 6) is 0. The van der Waals surface area contributed by atoms with Crippen LogP contribution >= 0.6 is 15.8 Å². The molecule has 0 N–H and O–H groups in total. The average Bonchev–Trinajstić information content (AvgIpc) is 3.30. The van der Waals surface area contributed by atoms with Gasteiger partial charge in [-0.2, -0.15) is 0 Å². The van der Waals surface area contributed by atoms with Crippen molar-refractivity contribution in [3.05, 3.63) is 127 Å². The van der Waals surface area contributed by atoms with E-state index in [2.05, 4.69) is 128 Å². The molecule has 6 nitrogen and oxygen atoms in total. The van der Waals surface area contributed by atoms with Crippen molar-refractivity contribution >= 4 is 98.1 Å². The fourth-order valence-corrected chi connectivity index (χ4v) is 16.8. The van der Waals surface area contributed by atoms with Crippen molar-refractivity contribution < 1.29 is 0 Å². The quantitative estimate of drug-likeness (QED) is 0.135. The van der Waals surface area contributed by atoms with Gasteiger partial charge in [0, 0.05) is 66.1 Å². The highest BCUT2D eigenvalue weighted by Crippen LogP contribution is 2.65. The summed E-state index contributed by atoms with van der Waals surface area (Å²) < 4.78 is 0. The third-order valence-electron chi connectivity index (χ3n) is 13.8. The van der Waals surface area contributed by atoms with E-state index < -0.39 is 7.26 Å². The zero-order chi connectivity index (χ0) is 40.8. The number of anilines is 4. The van der Waals surface area contributed by atoms with Crippen molar-refractivity contribution in [1.29, 1.82) is 0 Å². The maximum Gasteiger partial charge on any atom is 0.123 e. The Labute approximate surface area is 357 Å². The van der Waals surface area contributed by atoms with Crippen LogP contribution in [-0.4, -0.2) is 52.0 Å². The number of rotatable bonds is 9. The molecule has 0 bridgehead atoms. The van der Waals surface area contributed by atoms with Gasteiger partial charge in [0.1, 0.15) is 10.6 Å². The summed E-state index contributed by atoms with van der Waals surface area (Å²) >= 11 is 0. The Bertz CT molecular complexity index is 2870. The number of nitrogens with zero attached hydrogens (tertiary/aromatic N) is 6. The lowest BCUT2D eigenvalue weighted by Crippen LogP contribution is -2.37. The van der Waals surface area contributed by atoms with Gasteiger partial charge in [-0.05, 0) is 135 Å². The molecule has 0 amide bonds. The summed E-state index contributed by atoms with van der Waals surface area (Å²) in [5.41, 5.74) is 11.5. The zero-order valence-electron chi connectivity index (χ0n) is 35.4. The van der Waals surface area contributed by atoms with Crippen LogP contribution < -0.4 is 25.7 Å². The first-order chi connectivity index (χ1) is 29.3. The van der Waals surface area contributed by atoms with Crippen LogP contribution in [0.2, 0.25) is 0 Å². The molecule has 4 aromatic carbocycles. The van der Waals surface area contributed by atoms with E-state index in [0.29, 0.717) is 5.66 Å². The first-order valence-electron chi connectivity index (χ1n) is 22.0. The second-order valence-corrected chi connectivity index (χ2v) is 22.9. The predicted molar refractivity (Wildman–Crippen MR) is 262 cm³/mol. The molecule has 2 atom stereocenters. The molecule has 4 heterocycles. The highest BCUT2D eigenvalue weighted by molar-refractivity contribution is 7.90. The van der Waals surface area contributed by atoms with Gasteiger partial charge >= 0.3 is 0 Å². The number of hydrogen-bond acceptors (Lipinski definition) is 6. The molecule has 2 unspecified atom stereocenters. The number of benzene rings is 4. The number of pyridine rings is 4. The molecule has 2 fully saturated rings. The van der Waals surface area contributed by atoms with E-state index in [9.17, 15) is 0 Å². The molecular weight excluding hydrogens is 771 g/mol. The zero-order valence-corrected chi connectivity index (χ0v) is 37.3. The summed E-state index contributed by atoms with van der Waals surface area (Å²) in [7, 11) is 3.13. The molecule has 8 heteroatoms. The van der Waals surface area contributed by atoms with Gasteiger partial charge in [0.25, 0.3) is 0 Å². The maximum absolute atomic E-state index is 5.01. The Morgan fingerprint density at radius 1 is 0.500 bits per heavy atom. The highest BCUT2D eigenvalue weighted by Gasteiger charge is 2.50. The summed E-state index contributed by atoms with van der Waals surface area (Å²) in [6, 6.07) is 36.5. The van der Waals surface area contributed by atoms with Gasteiger partial charge in [-0.15, -0.1) is 0 Å². The molecule has 8 aromatic rings. The van der Waals surface area contributed by atoms with Crippen LogP contribution in [0.3, 0.4) is 0 Å². The molecule has 0 saturated heterocycles. The lowest BCUT2D eigenvalue weighted by atomic mass is 10.0. The Hall–Kier alpha value is -5.02. The van der Waals surface area contributed by atoms with Gasteiger partial charge in [-0.25, -0.2) is 0 Å². The summed E-state index contributed by atoms with van der Waals surface area (Å²) in [5, 5.41) is 9.14. The van der Waals surface area contributed by atoms with Crippen LogP contribution in [0.15, 0.2) is 122 Å². The topological polar surface area (TPSA) is 58.0 Å². The molecule has 2 aliphatic carbocycles. The first-order valence-corrected chi connectivity index (χ1v) is 25.4. The maximum atomic E-state index is 5.01. The largest absolute Gasteiger partial charge is 0.341 e. The van der Waals surface area contributed by atoms with Crippen molar-refractivity contribution in [2.24, 2.45) is 0 Å². The molecule has 2 saturated carbocycles. The van der Waals surface area contributed by atoms with Crippen molar-refractivity contribution in [2.45, 2.75) is 82.4 Å². The molecule has 4 aromatic heterocycles. The van der Waals surface area contributed by atoms with Crippen molar-refractivity contribution in [3.63, 3.8) is 0 Å². The summed E-state index contributed by atoms with van der Waals surface area (Å²) in [4.78, 5) is 24.7. The standard InChI is InChI=1S/C52H55N6P2/c1-35-27-36-15-11-23-53-42(36)31-46(35)57(2)48-33-44-38(17-13-25-55-44)29-51(48)60(4,41-21-9-6-10-22-41)52-30-39-18-14-26-56-45(39)34-49(52)58(3)47-32-43-37(16-12-24-54-43)28-50(47)59-40-19-7-5-8-20-40/h11-18,23-34,40-41,59H,5-10,19-22H2,1-4H3/q+1. The van der Waals surface area contributed by atoms with Gasteiger partial charge in [0.2, 0.25) is 0 Å². The Kier molecular flexibility index (Phi) is 10.7. The second kappa shape index (κ2) is 16.4. The van der Waals surface area contributed by atoms with E-state index in [0.717, 1.165) is 41.7 Å². The van der Waals surface area contributed by atoms with E-state index in [1.54, 1.807) is 0 Å². The molecule has 0 radical (unpaired) electrons. The van der Waals surface area contributed by atoms with E-state index in [1.807, 2.05) is 30.9 Å².